The highest BCUT2D eigenvalue weighted by molar-refractivity contribution is 6.30. The van der Waals surface area contributed by atoms with E-state index in [1.54, 1.807) is 18.3 Å². The molecule has 2 N–H and O–H groups in total. The molecule has 0 saturated heterocycles. The molecule has 0 atom stereocenters. The molecule has 0 fully saturated rings. The van der Waals surface area contributed by atoms with Gasteiger partial charge in [0.25, 0.3) is 0 Å². The Labute approximate surface area is 97.7 Å². The molecule has 0 aliphatic heterocycles. The maximum atomic E-state index is 11.0. The minimum atomic E-state index is -0.960. The first-order valence-electron chi connectivity index (χ1n) is 4.77. The highest BCUT2D eigenvalue weighted by Crippen LogP contribution is 2.28. The molecule has 4 heteroatoms. The van der Waals surface area contributed by atoms with Gasteiger partial charge in [0.1, 0.15) is 5.69 Å². The molecule has 2 aromatic rings. The minimum Gasteiger partial charge on any atom is -0.477 e. The number of carboxylic acid groups (broad SMARTS) is 1. The van der Waals surface area contributed by atoms with E-state index in [0.29, 0.717) is 10.6 Å². The molecular weight excluding hydrogens is 226 g/mol. The van der Waals surface area contributed by atoms with Crippen LogP contribution in [0.3, 0.4) is 0 Å². The first kappa shape index (κ1) is 10.8. The molecule has 0 amide bonds. The molecule has 16 heavy (non-hydrogen) atoms. The number of aryl methyl sites for hydroxylation is 1. The molecule has 1 heterocycles. The van der Waals surface area contributed by atoms with Crippen molar-refractivity contribution in [1.82, 2.24) is 4.98 Å². The van der Waals surface area contributed by atoms with Gasteiger partial charge in [-0.05, 0) is 30.2 Å². The van der Waals surface area contributed by atoms with Gasteiger partial charge in [0, 0.05) is 16.8 Å². The zero-order chi connectivity index (χ0) is 11.7. The molecule has 3 nitrogen and oxygen atoms in total. The van der Waals surface area contributed by atoms with Gasteiger partial charge in [0.15, 0.2) is 0 Å². The van der Waals surface area contributed by atoms with Gasteiger partial charge in [-0.15, -0.1) is 0 Å². The monoisotopic (exact) mass is 235 g/mol. The summed E-state index contributed by atoms with van der Waals surface area (Å²) < 4.78 is 0. The van der Waals surface area contributed by atoms with E-state index >= 15 is 0 Å². The maximum Gasteiger partial charge on any atom is 0.352 e. The van der Waals surface area contributed by atoms with Crippen molar-refractivity contribution in [3.8, 4) is 11.1 Å². The van der Waals surface area contributed by atoms with Gasteiger partial charge in [-0.3, -0.25) is 0 Å². The van der Waals surface area contributed by atoms with Gasteiger partial charge in [-0.1, -0.05) is 23.7 Å². The highest BCUT2D eigenvalue weighted by atomic mass is 35.5. The third-order valence-electron chi connectivity index (χ3n) is 2.42. The van der Waals surface area contributed by atoms with Crippen molar-refractivity contribution in [2.75, 3.05) is 0 Å². The highest BCUT2D eigenvalue weighted by Gasteiger charge is 2.15. The number of rotatable bonds is 2. The lowest BCUT2D eigenvalue weighted by Gasteiger charge is -2.02. The average molecular weight is 236 g/mol. The lowest BCUT2D eigenvalue weighted by Crippen LogP contribution is -1.98. The second-order valence-electron chi connectivity index (χ2n) is 3.53. The maximum absolute atomic E-state index is 11.0. The molecular formula is C12H10ClNO2. The van der Waals surface area contributed by atoms with Gasteiger partial charge in [-0.2, -0.15) is 0 Å². The van der Waals surface area contributed by atoms with Crippen molar-refractivity contribution >= 4 is 17.6 Å². The number of nitrogens with one attached hydrogen (secondary N) is 1. The Hall–Kier alpha value is -1.74. The molecule has 0 radical (unpaired) electrons. The summed E-state index contributed by atoms with van der Waals surface area (Å²) >= 11 is 5.79. The molecule has 0 aliphatic rings. The van der Waals surface area contributed by atoms with Crippen LogP contribution in [0.1, 0.15) is 16.1 Å². The molecule has 0 saturated carbocycles. The largest absolute Gasteiger partial charge is 0.477 e. The zero-order valence-corrected chi connectivity index (χ0v) is 9.38. The standard InChI is InChI=1S/C12H10ClNO2/c1-7-6-14-11(12(15)16)10(7)8-2-4-9(13)5-3-8/h2-6,14H,1H3,(H,15,16). The summed E-state index contributed by atoms with van der Waals surface area (Å²) in [5.41, 5.74) is 2.67. The van der Waals surface area contributed by atoms with E-state index in [1.807, 2.05) is 19.1 Å². The van der Waals surface area contributed by atoms with Gasteiger partial charge in [-0.25, -0.2) is 4.79 Å². The number of H-pyrrole nitrogens is 1. The van der Waals surface area contributed by atoms with Crippen LogP contribution in [0.25, 0.3) is 11.1 Å². The van der Waals surface area contributed by atoms with Crippen molar-refractivity contribution in [3.05, 3.63) is 46.7 Å². The Morgan fingerprint density at radius 1 is 1.31 bits per heavy atom. The second-order valence-corrected chi connectivity index (χ2v) is 3.97. The van der Waals surface area contributed by atoms with Crippen molar-refractivity contribution in [3.63, 3.8) is 0 Å². The molecule has 0 spiro atoms. The summed E-state index contributed by atoms with van der Waals surface area (Å²) in [5, 5.41) is 9.67. The van der Waals surface area contributed by atoms with Crippen molar-refractivity contribution in [1.29, 1.82) is 0 Å². The number of aromatic carboxylic acids is 1. The Kier molecular flexibility index (Phi) is 2.71. The van der Waals surface area contributed by atoms with E-state index in [9.17, 15) is 4.79 Å². The molecule has 2 rings (SSSR count). The van der Waals surface area contributed by atoms with Crippen molar-refractivity contribution < 1.29 is 9.90 Å². The number of hydrogen-bond acceptors (Lipinski definition) is 1. The topological polar surface area (TPSA) is 53.1 Å². The lowest BCUT2D eigenvalue weighted by atomic mass is 10.0. The average Bonchev–Trinajstić information content (AvgIpc) is 2.62. The van der Waals surface area contributed by atoms with Crippen LogP contribution in [0.2, 0.25) is 5.02 Å². The summed E-state index contributed by atoms with van der Waals surface area (Å²) in [6, 6.07) is 7.11. The summed E-state index contributed by atoms with van der Waals surface area (Å²) in [6.45, 7) is 1.87. The SMILES string of the molecule is Cc1c[nH]c(C(=O)O)c1-c1ccc(Cl)cc1. The fraction of sp³-hybridized carbons (Fsp3) is 0.0833. The number of carbonyl (C=O) groups is 1. The third kappa shape index (κ3) is 1.82. The zero-order valence-electron chi connectivity index (χ0n) is 8.62. The number of halogens is 1. The van der Waals surface area contributed by atoms with E-state index in [0.717, 1.165) is 11.1 Å². The summed E-state index contributed by atoms with van der Waals surface area (Å²) in [5.74, 6) is -0.960. The number of benzene rings is 1. The van der Waals surface area contributed by atoms with Crippen LogP contribution < -0.4 is 0 Å². The summed E-state index contributed by atoms with van der Waals surface area (Å²) in [4.78, 5) is 13.8. The van der Waals surface area contributed by atoms with Gasteiger partial charge >= 0.3 is 5.97 Å². The Bertz CT molecular complexity index is 528. The van der Waals surface area contributed by atoms with Crippen molar-refractivity contribution in [2.24, 2.45) is 0 Å². The molecule has 0 aliphatic carbocycles. The molecule has 1 aromatic carbocycles. The fourth-order valence-electron chi connectivity index (χ4n) is 1.68. The first-order chi connectivity index (χ1) is 7.59. The number of aromatic amines is 1. The molecule has 82 valence electrons. The van der Waals surface area contributed by atoms with Crippen LogP contribution in [0, 0.1) is 6.92 Å². The number of hydrogen-bond donors (Lipinski definition) is 2. The molecule has 1 aromatic heterocycles. The summed E-state index contributed by atoms with van der Waals surface area (Å²) in [6.07, 6.45) is 1.69. The van der Waals surface area contributed by atoms with Gasteiger partial charge in [0.2, 0.25) is 0 Å². The Morgan fingerprint density at radius 2 is 1.94 bits per heavy atom. The smallest absolute Gasteiger partial charge is 0.352 e. The van der Waals surface area contributed by atoms with Crippen LogP contribution in [-0.4, -0.2) is 16.1 Å². The van der Waals surface area contributed by atoms with Crippen molar-refractivity contribution in [2.45, 2.75) is 6.92 Å². The summed E-state index contributed by atoms with van der Waals surface area (Å²) in [7, 11) is 0. The molecule has 0 unspecified atom stereocenters. The minimum absolute atomic E-state index is 0.208. The van der Waals surface area contributed by atoms with E-state index < -0.39 is 5.97 Å². The predicted molar refractivity (Wildman–Crippen MR) is 62.9 cm³/mol. The third-order valence-corrected chi connectivity index (χ3v) is 2.68. The van der Waals surface area contributed by atoms with Crippen LogP contribution in [-0.2, 0) is 0 Å². The Morgan fingerprint density at radius 3 is 2.50 bits per heavy atom. The second kappa shape index (κ2) is 4.02. The normalized spacial score (nSPS) is 10.4. The first-order valence-corrected chi connectivity index (χ1v) is 5.14. The quantitative estimate of drug-likeness (QED) is 0.839. The fourth-order valence-corrected chi connectivity index (χ4v) is 1.81. The van der Waals surface area contributed by atoms with Crippen LogP contribution in [0.5, 0.6) is 0 Å². The van der Waals surface area contributed by atoms with E-state index in [-0.39, 0.29) is 5.69 Å². The number of aromatic nitrogens is 1. The van der Waals surface area contributed by atoms with E-state index in [4.69, 9.17) is 16.7 Å². The van der Waals surface area contributed by atoms with Crippen LogP contribution in [0.15, 0.2) is 30.5 Å². The number of carboxylic acids is 1. The van der Waals surface area contributed by atoms with Gasteiger partial charge < -0.3 is 10.1 Å². The van der Waals surface area contributed by atoms with Crippen LogP contribution in [0.4, 0.5) is 0 Å². The lowest BCUT2D eigenvalue weighted by molar-refractivity contribution is 0.0692. The Balaban J connectivity index is 2.58. The van der Waals surface area contributed by atoms with E-state index in [1.165, 1.54) is 0 Å². The molecule has 0 bridgehead atoms. The van der Waals surface area contributed by atoms with Crippen LogP contribution >= 0.6 is 11.6 Å². The van der Waals surface area contributed by atoms with E-state index in [2.05, 4.69) is 4.98 Å². The van der Waals surface area contributed by atoms with Gasteiger partial charge in [0.05, 0.1) is 0 Å². The predicted octanol–water partition coefficient (Wildman–Crippen LogP) is 3.34.